The van der Waals surface area contributed by atoms with Gasteiger partial charge in [-0.2, -0.15) is 0 Å². The minimum atomic E-state index is 0.619. The maximum atomic E-state index is 6.40. The van der Waals surface area contributed by atoms with Crippen LogP contribution in [-0.2, 0) is 6.42 Å². The van der Waals surface area contributed by atoms with E-state index in [2.05, 4.69) is 103 Å². The Hall–Kier alpha value is -6.72. The van der Waals surface area contributed by atoms with Crippen LogP contribution in [0, 0.1) is 0 Å². The molecule has 0 amide bonds. The molecule has 0 bridgehead atoms. The van der Waals surface area contributed by atoms with Crippen LogP contribution >= 0.6 is 0 Å². The average Bonchev–Trinajstić information content (AvgIpc) is 3.20. The molecule has 2 aromatic heterocycles. The minimum absolute atomic E-state index is 0.619. The average molecular weight is 692 g/mol. The molecule has 0 spiro atoms. The molecule has 6 aromatic rings. The van der Waals surface area contributed by atoms with Gasteiger partial charge >= 0.3 is 0 Å². The first-order valence-corrected chi connectivity index (χ1v) is 17.8. The summed E-state index contributed by atoms with van der Waals surface area (Å²) < 4.78 is 0. The first-order chi connectivity index (χ1) is 25.9. The molecule has 0 radical (unpaired) electrons. The van der Waals surface area contributed by atoms with Crippen molar-refractivity contribution >= 4 is 38.0 Å². The van der Waals surface area contributed by atoms with Crippen LogP contribution in [0.2, 0.25) is 0 Å². The van der Waals surface area contributed by atoms with Gasteiger partial charge in [0.15, 0.2) is 0 Å². The maximum Gasteiger partial charge on any atom is 0.0717 e. The third-order valence-electron chi connectivity index (χ3n) is 9.24. The lowest BCUT2D eigenvalue weighted by Gasteiger charge is -2.13. The molecule has 0 aliphatic rings. The van der Waals surface area contributed by atoms with Gasteiger partial charge in [0, 0.05) is 52.3 Å². The predicted octanol–water partition coefficient (Wildman–Crippen LogP) is 11.0. The zero-order valence-electron chi connectivity index (χ0n) is 30.3. The first-order valence-electron chi connectivity index (χ1n) is 17.8. The molecule has 5 nitrogen and oxygen atoms in total. The summed E-state index contributed by atoms with van der Waals surface area (Å²) in [5, 5.41) is 7.29. The van der Waals surface area contributed by atoms with E-state index in [1.165, 1.54) is 43.5 Å². The summed E-state index contributed by atoms with van der Waals surface area (Å²) in [4.78, 5) is 9.52. The SMILES string of the molecule is C=C/C=C\C/C(C)=C/C=C(N)/C(/C=C\Cc1ccc2c3ccccc3c3ccc(-c4ccc(-c5ccc(/C(N)=C/C=C\C)cn5)cn4)cc3c2c1)=C/N. The molecule has 6 N–H and O–H groups in total. The molecule has 53 heavy (non-hydrogen) atoms. The topological polar surface area (TPSA) is 104 Å². The first kappa shape index (κ1) is 36.1. The third-order valence-corrected chi connectivity index (χ3v) is 9.24. The van der Waals surface area contributed by atoms with Crippen LogP contribution in [0.4, 0.5) is 0 Å². The van der Waals surface area contributed by atoms with Gasteiger partial charge in [-0.1, -0.05) is 115 Å². The number of allylic oxidation sites excluding steroid dienone is 11. The summed E-state index contributed by atoms with van der Waals surface area (Å²) in [5.41, 5.74) is 27.6. The highest BCUT2D eigenvalue weighted by molar-refractivity contribution is 6.25. The number of rotatable bonds is 12. The highest BCUT2D eigenvalue weighted by Gasteiger charge is 2.12. The Kier molecular flexibility index (Phi) is 11.6. The highest BCUT2D eigenvalue weighted by Crippen LogP contribution is 2.37. The van der Waals surface area contributed by atoms with Crippen molar-refractivity contribution in [1.29, 1.82) is 0 Å². The van der Waals surface area contributed by atoms with E-state index in [1.54, 1.807) is 18.5 Å². The quantitative estimate of drug-likeness (QED) is 0.0875. The third kappa shape index (κ3) is 8.43. The standard InChI is InChI=1S/C48H45N5/c1-4-6-8-12-33(3)18-25-46(51)36(30-49)14-11-13-34-19-23-41-39-15-9-10-16-40(39)42-24-20-35(29-44(42)43(41)28-34)47-27-22-38(32-53-47)48-26-21-37(31-52-48)45(50)17-7-5-2/h4-11,14-32H,1,12-13,49-51H2,2-3H3/b7-5-,8-6-,14-11-,33-18+,36-30+,45-17-,46-25-. The number of pyridine rings is 2. The van der Waals surface area contributed by atoms with Crippen molar-refractivity contribution < 1.29 is 0 Å². The number of nitrogens with zero attached hydrogens (tertiary/aromatic N) is 2. The van der Waals surface area contributed by atoms with Crippen LogP contribution in [0.25, 0.3) is 60.5 Å². The van der Waals surface area contributed by atoms with Gasteiger partial charge in [-0.25, -0.2) is 0 Å². The molecule has 5 heteroatoms. The fourth-order valence-corrected chi connectivity index (χ4v) is 6.35. The number of hydrogen-bond donors (Lipinski definition) is 3. The van der Waals surface area contributed by atoms with E-state index in [0.29, 0.717) is 11.4 Å². The molecule has 0 saturated carbocycles. The summed E-state index contributed by atoms with van der Waals surface area (Å²) in [6, 6.07) is 30.1. The molecular weight excluding hydrogens is 647 g/mol. The maximum absolute atomic E-state index is 6.40. The number of hydrogen-bond acceptors (Lipinski definition) is 5. The predicted molar refractivity (Wildman–Crippen MR) is 227 cm³/mol. The second-order valence-electron chi connectivity index (χ2n) is 12.9. The summed E-state index contributed by atoms with van der Waals surface area (Å²) in [7, 11) is 0. The lowest BCUT2D eigenvalue weighted by Crippen LogP contribution is -2.01. The normalized spacial score (nSPS) is 13.4. The molecule has 0 unspecified atom stereocenters. The van der Waals surface area contributed by atoms with Crippen LogP contribution < -0.4 is 17.2 Å². The van der Waals surface area contributed by atoms with Crippen LogP contribution in [0.3, 0.4) is 0 Å². The van der Waals surface area contributed by atoms with E-state index in [1.807, 2.05) is 67.8 Å². The van der Waals surface area contributed by atoms with Crippen molar-refractivity contribution in [2.75, 3.05) is 0 Å². The Morgan fingerprint density at radius 3 is 2.06 bits per heavy atom. The monoisotopic (exact) mass is 691 g/mol. The van der Waals surface area contributed by atoms with Gasteiger partial charge in [0.05, 0.1) is 11.4 Å². The minimum Gasteiger partial charge on any atom is -0.404 e. The summed E-state index contributed by atoms with van der Waals surface area (Å²) >= 11 is 0. The summed E-state index contributed by atoms with van der Waals surface area (Å²) in [6.07, 6.45) is 26.3. The van der Waals surface area contributed by atoms with Gasteiger partial charge in [-0.05, 0) is 107 Å². The molecule has 2 heterocycles. The molecule has 262 valence electrons. The Balaban J connectivity index is 1.29. The zero-order valence-corrected chi connectivity index (χ0v) is 30.3. The van der Waals surface area contributed by atoms with Crippen molar-refractivity contribution in [3.63, 3.8) is 0 Å². The summed E-state index contributed by atoms with van der Waals surface area (Å²) in [5.74, 6) is 0. The molecule has 0 aliphatic heterocycles. The fraction of sp³-hybridized carbons (Fsp3) is 0.0833. The van der Waals surface area contributed by atoms with Crippen molar-refractivity contribution in [3.8, 4) is 22.5 Å². The van der Waals surface area contributed by atoms with E-state index in [0.717, 1.165) is 46.5 Å². The van der Waals surface area contributed by atoms with Gasteiger partial charge in [0.2, 0.25) is 0 Å². The van der Waals surface area contributed by atoms with Crippen molar-refractivity contribution in [2.24, 2.45) is 17.2 Å². The Labute approximate surface area is 312 Å². The van der Waals surface area contributed by atoms with Crippen LogP contribution in [-0.4, -0.2) is 9.97 Å². The lowest BCUT2D eigenvalue weighted by atomic mass is 9.91. The van der Waals surface area contributed by atoms with Crippen molar-refractivity contribution in [2.45, 2.75) is 26.7 Å². The number of benzene rings is 4. The number of fused-ring (bicyclic) bond motifs is 6. The number of aromatic nitrogens is 2. The zero-order chi connectivity index (χ0) is 37.2. The van der Waals surface area contributed by atoms with Gasteiger partial charge in [-0.3, -0.25) is 9.97 Å². The van der Waals surface area contributed by atoms with Gasteiger partial charge < -0.3 is 17.2 Å². The van der Waals surface area contributed by atoms with E-state index >= 15 is 0 Å². The summed E-state index contributed by atoms with van der Waals surface area (Å²) in [6.45, 7) is 7.75. The second kappa shape index (κ2) is 17.0. The largest absolute Gasteiger partial charge is 0.404 e. The van der Waals surface area contributed by atoms with Crippen LogP contribution in [0.1, 0.15) is 31.4 Å². The molecule has 6 rings (SSSR count). The van der Waals surface area contributed by atoms with Crippen molar-refractivity contribution in [1.82, 2.24) is 9.97 Å². The van der Waals surface area contributed by atoms with E-state index in [-0.39, 0.29) is 0 Å². The Bertz CT molecular complexity index is 2490. The van der Waals surface area contributed by atoms with Crippen LogP contribution in [0.5, 0.6) is 0 Å². The molecular formula is C48H45N5. The second-order valence-corrected chi connectivity index (χ2v) is 12.9. The van der Waals surface area contributed by atoms with E-state index in [9.17, 15) is 0 Å². The number of nitrogens with two attached hydrogens (primary N) is 3. The Morgan fingerprint density at radius 1 is 0.698 bits per heavy atom. The van der Waals surface area contributed by atoms with E-state index in [4.69, 9.17) is 22.2 Å². The van der Waals surface area contributed by atoms with Crippen molar-refractivity contribution in [3.05, 3.63) is 199 Å². The van der Waals surface area contributed by atoms with Gasteiger partial charge in [0.1, 0.15) is 0 Å². The molecule has 0 atom stereocenters. The highest BCUT2D eigenvalue weighted by atomic mass is 14.7. The molecule has 0 fully saturated rings. The smallest absolute Gasteiger partial charge is 0.0717 e. The van der Waals surface area contributed by atoms with Gasteiger partial charge in [-0.15, -0.1) is 0 Å². The van der Waals surface area contributed by atoms with Gasteiger partial charge in [0.25, 0.3) is 0 Å². The van der Waals surface area contributed by atoms with Crippen LogP contribution in [0.15, 0.2) is 188 Å². The Morgan fingerprint density at radius 2 is 1.38 bits per heavy atom. The molecule has 0 aliphatic carbocycles. The lowest BCUT2D eigenvalue weighted by molar-refractivity contribution is 1.20. The molecule has 0 saturated heterocycles. The molecule has 4 aromatic carbocycles. The fourth-order valence-electron chi connectivity index (χ4n) is 6.35. The van der Waals surface area contributed by atoms with E-state index < -0.39 is 0 Å².